The largest absolute Gasteiger partial charge is 0.497 e. The molecule has 2 rings (SSSR count). The zero-order valence-electron chi connectivity index (χ0n) is 11.8. The summed E-state index contributed by atoms with van der Waals surface area (Å²) in [6.07, 6.45) is 1.32. The molecule has 1 aromatic heterocycles. The molecule has 0 amide bonds. The molecule has 0 spiro atoms. The molecule has 7 heteroatoms. The Morgan fingerprint density at radius 2 is 1.86 bits per heavy atom. The van der Waals surface area contributed by atoms with Crippen LogP contribution in [-0.2, 0) is 16.6 Å². The van der Waals surface area contributed by atoms with Gasteiger partial charge in [0.2, 0.25) is 10.0 Å². The number of pyridine rings is 1. The highest BCUT2D eigenvalue weighted by molar-refractivity contribution is 7.89. The molecule has 112 valence electrons. The lowest BCUT2D eigenvalue weighted by molar-refractivity contribution is 0.414. The maximum Gasteiger partial charge on any atom is 0.242 e. The number of methoxy groups -OCH3 is 1. The van der Waals surface area contributed by atoms with Crippen LogP contribution in [0.1, 0.15) is 5.56 Å². The van der Waals surface area contributed by atoms with Crippen molar-refractivity contribution in [2.24, 2.45) is 0 Å². The number of hydrogen-bond donors (Lipinski definition) is 2. The molecule has 0 saturated carbocycles. The molecule has 0 aliphatic rings. The second kappa shape index (κ2) is 6.55. The molecule has 0 atom stereocenters. The second-order valence-corrected chi connectivity index (χ2v) is 6.07. The van der Waals surface area contributed by atoms with Crippen LogP contribution < -0.4 is 14.8 Å². The summed E-state index contributed by atoms with van der Waals surface area (Å²) in [4.78, 5) is 4.13. The standard InChI is InChI=1S/C14H17N3O3S/c1-15-14-8-7-13(10-16-14)21(18,19)17-9-11-3-5-12(20-2)6-4-11/h3-8,10,17H,9H2,1-2H3,(H,15,16). The summed E-state index contributed by atoms with van der Waals surface area (Å²) in [6, 6.07) is 10.3. The number of ether oxygens (including phenoxy) is 1. The topological polar surface area (TPSA) is 80.3 Å². The first-order valence-corrected chi connectivity index (χ1v) is 7.80. The normalized spacial score (nSPS) is 11.1. The number of nitrogens with zero attached hydrogens (tertiary/aromatic N) is 1. The number of sulfonamides is 1. The molecule has 6 nitrogen and oxygen atoms in total. The quantitative estimate of drug-likeness (QED) is 0.847. The van der Waals surface area contributed by atoms with E-state index in [1.807, 2.05) is 12.1 Å². The first kappa shape index (κ1) is 15.3. The van der Waals surface area contributed by atoms with Crippen LogP contribution in [-0.4, -0.2) is 27.6 Å². The van der Waals surface area contributed by atoms with Gasteiger partial charge in [0, 0.05) is 19.8 Å². The molecule has 2 aromatic rings. The first-order chi connectivity index (χ1) is 10.0. The molecule has 2 N–H and O–H groups in total. The molecule has 1 heterocycles. The van der Waals surface area contributed by atoms with Gasteiger partial charge in [0.05, 0.1) is 7.11 Å². The molecule has 0 fully saturated rings. The maximum atomic E-state index is 12.1. The first-order valence-electron chi connectivity index (χ1n) is 6.31. The van der Waals surface area contributed by atoms with Gasteiger partial charge in [0.25, 0.3) is 0 Å². The lowest BCUT2D eigenvalue weighted by Crippen LogP contribution is -2.23. The van der Waals surface area contributed by atoms with Crippen molar-refractivity contribution in [2.45, 2.75) is 11.4 Å². The third-order valence-electron chi connectivity index (χ3n) is 2.93. The van der Waals surface area contributed by atoms with E-state index >= 15 is 0 Å². The van der Waals surface area contributed by atoms with E-state index in [0.29, 0.717) is 5.82 Å². The van der Waals surface area contributed by atoms with E-state index in [-0.39, 0.29) is 11.4 Å². The third-order valence-corrected chi connectivity index (χ3v) is 4.31. The van der Waals surface area contributed by atoms with Gasteiger partial charge in [-0.3, -0.25) is 0 Å². The van der Waals surface area contributed by atoms with Crippen LogP contribution in [0.3, 0.4) is 0 Å². The highest BCUT2D eigenvalue weighted by Crippen LogP contribution is 2.13. The van der Waals surface area contributed by atoms with Crippen LogP contribution in [0.4, 0.5) is 5.82 Å². The molecule has 0 aliphatic carbocycles. The summed E-state index contributed by atoms with van der Waals surface area (Å²) >= 11 is 0. The molecule has 0 saturated heterocycles. The van der Waals surface area contributed by atoms with Crippen molar-refractivity contribution in [2.75, 3.05) is 19.5 Å². The second-order valence-electron chi connectivity index (χ2n) is 4.30. The van der Waals surface area contributed by atoms with Gasteiger partial charge in [-0.05, 0) is 29.8 Å². The summed E-state index contributed by atoms with van der Waals surface area (Å²) in [5.74, 6) is 1.34. The molecular weight excluding hydrogens is 290 g/mol. The molecule has 0 aliphatic heterocycles. The van der Waals surface area contributed by atoms with E-state index in [9.17, 15) is 8.42 Å². The van der Waals surface area contributed by atoms with Crippen LogP contribution in [0.2, 0.25) is 0 Å². The molecule has 0 unspecified atom stereocenters. The van der Waals surface area contributed by atoms with Gasteiger partial charge in [0.15, 0.2) is 0 Å². The number of anilines is 1. The van der Waals surface area contributed by atoms with Crippen LogP contribution in [0, 0.1) is 0 Å². The Morgan fingerprint density at radius 1 is 1.14 bits per heavy atom. The number of nitrogens with one attached hydrogen (secondary N) is 2. The summed E-state index contributed by atoms with van der Waals surface area (Å²) in [5, 5.41) is 2.84. The highest BCUT2D eigenvalue weighted by Gasteiger charge is 2.14. The van der Waals surface area contributed by atoms with Crippen molar-refractivity contribution in [1.29, 1.82) is 0 Å². The van der Waals surface area contributed by atoms with Crippen molar-refractivity contribution in [3.8, 4) is 5.75 Å². The molecule has 0 bridgehead atoms. The zero-order chi connectivity index (χ0) is 15.3. The average Bonchev–Trinajstić information content (AvgIpc) is 2.53. The fourth-order valence-corrected chi connectivity index (χ4v) is 2.65. The van der Waals surface area contributed by atoms with Crippen LogP contribution >= 0.6 is 0 Å². The summed E-state index contributed by atoms with van der Waals surface area (Å²) in [5.41, 5.74) is 0.846. The van der Waals surface area contributed by atoms with Gasteiger partial charge in [-0.1, -0.05) is 12.1 Å². The van der Waals surface area contributed by atoms with Gasteiger partial charge in [-0.25, -0.2) is 18.1 Å². The van der Waals surface area contributed by atoms with E-state index in [2.05, 4.69) is 15.0 Å². The Labute approximate surface area is 124 Å². The third kappa shape index (κ3) is 3.93. The van der Waals surface area contributed by atoms with Gasteiger partial charge >= 0.3 is 0 Å². The number of benzene rings is 1. The van der Waals surface area contributed by atoms with Crippen molar-refractivity contribution in [3.05, 3.63) is 48.2 Å². The van der Waals surface area contributed by atoms with Gasteiger partial charge in [-0.15, -0.1) is 0 Å². The number of rotatable bonds is 6. The van der Waals surface area contributed by atoms with Crippen LogP contribution in [0.5, 0.6) is 5.75 Å². The summed E-state index contributed by atoms with van der Waals surface area (Å²) in [7, 11) is -0.267. The average molecular weight is 307 g/mol. The van der Waals surface area contributed by atoms with Gasteiger partial charge in [-0.2, -0.15) is 0 Å². The summed E-state index contributed by atoms with van der Waals surface area (Å²) in [6.45, 7) is 0.208. The molecule has 0 radical (unpaired) electrons. The van der Waals surface area contributed by atoms with E-state index in [4.69, 9.17) is 4.74 Å². The van der Waals surface area contributed by atoms with E-state index in [1.165, 1.54) is 12.3 Å². The minimum atomic E-state index is -3.57. The summed E-state index contributed by atoms with van der Waals surface area (Å²) < 4.78 is 31.9. The lowest BCUT2D eigenvalue weighted by Gasteiger charge is -2.08. The van der Waals surface area contributed by atoms with Crippen molar-refractivity contribution in [3.63, 3.8) is 0 Å². The monoisotopic (exact) mass is 307 g/mol. The molecule has 21 heavy (non-hydrogen) atoms. The minimum Gasteiger partial charge on any atom is -0.497 e. The minimum absolute atomic E-state index is 0.134. The lowest BCUT2D eigenvalue weighted by atomic mass is 10.2. The van der Waals surface area contributed by atoms with E-state index < -0.39 is 10.0 Å². The Bertz CT molecular complexity index is 682. The van der Waals surface area contributed by atoms with Gasteiger partial charge < -0.3 is 10.1 Å². The molecular formula is C14H17N3O3S. The number of hydrogen-bond acceptors (Lipinski definition) is 5. The zero-order valence-corrected chi connectivity index (χ0v) is 12.6. The molecule has 1 aromatic carbocycles. The Kier molecular flexibility index (Phi) is 4.77. The van der Waals surface area contributed by atoms with Crippen LogP contribution in [0.25, 0.3) is 0 Å². The van der Waals surface area contributed by atoms with Crippen molar-refractivity contribution < 1.29 is 13.2 Å². The maximum absolute atomic E-state index is 12.1. The predicted octanol–water partition coefficient (Wildman–Crippen LogP) is 1.61. The van der Waals surface area contributed by atoms with E-state index in [1.54, 1.807) is 32.4 Å². The Balaban J connectivity index is 2.05. The smallest absolute Gasteiger partial charge is 0.242 e. The van der Waals surface area contributed by atoms with E-state index in [0.717, 1.165) is 11.3 Å². The van der Waals surface area contributed by atoms with Gasteiger partial charge in [0.1, 0.15) is 16.5 Å². The Morgan fingerprint density at radius 3 is 2.38 bits per heavy atom. The predicted molar refractivity (Wildman–Crippen MR) is 80.8 cm³/mol. The van der Waals surface area contributed by atoms with Crippen LogP contribution in [0.15, 0.2) is 47.5 Å². The SMILES string of the molecule is CNc1ccc(S(=O)(=O)NCc2ccc(OC)cc2)cn1. The fraction of sp³-hybridized carbons (Fsp3) is 0.214. The highest BCUT2D eigenvalue weighted by atomic mass is 32.2. The van der Waals surface area contributed by atoms with Crippen molar-refractivity contribution in [1.82, 2.24) is 9.71 Å². The number of aromatic nitrogens is 1. The fourth-order valence-electron chi connectivity index (χ4n) is 1.69. The van der Waals surface area contributed by atoms with Crippen molar-refractivity contribution >= 4 is 15.8 Å². The Hall–Kier alpha value is -2.12.